The van der Waals surface area contributed by atoms with Crippen LogP contribution in [-0.2, 0) is 0 Å². The summed E-state index contributed by atoms with van der Waals surface area (Å²) in [5.74, 6) is 0. The van der Waals surface area contributed by atoms with E-state index in [2.05, 4.69) is 10.9 Å². The first-order chi connectivity index (χ1) is 6.09. The van der Waals surface area contributed by atoms with Gasteiger partial charge >= 0.3 is 6.03 Å². The lowest BCUT2D eigenvalue weighted by atomic mass is 10.1. The smallest absolute Gasteiger partial charge is 0.330 e. The van der Waals surface area contributed by atoms with Gasteiger partial charge in [-0.05, 0) is 25.5 Å². The Labute approximate surface area is 77.1 Å². The summed E-state index contributed by atoms with van der Waals surface area (Å²) in [5, 5.41) is 0. The van der Waals surface area contributed by atoms with E-state index in [1.165, 1.54) is 5.56 Å². The van der Waals surface area contributed by atoms with Gasteiger partial charge in [-0.1, -0.05) is 17.7 Å². The van der Waals surface area contributed by atoms with E-state index in [1.807, 2.05) is 32.0 Å². The zero-order valence-corrected chi connectivity index (χ0v) is 7.72. The van der Waals surface area contributed by atoms with Crippen LogP contribution in [0, 0.1) is 13.8 Å². The van der Waals surface area contributed by atoms with Crippen molar-refractivity contribution in [2.75, 3.05) is 5.43 Å². The monoisotopic (exact) mass is 179 g/mol. The first-order valence-electron chi connectivity index (χ1n) is 3.98. The van der Waals surface area contributed by atoms with Crippen molar-refractivity contribution in [2.24, 2.45) is 5.73 Å². The Kier molecular flexibility index (Phi) is 2.74. The zero-order chi connectivity index (χ0) is 9.84. The molecule has 2 amide bonds. The van der Waals surface area contributed by atoms with Crippen molar-refractivity contribution in [1.29, 1.82) is 0 Å². The number of amides is 2. The number of hydrogen-bond donors (Lipinski definition) is 3. The first kappa shape index (κ1) is 9.38. The zero-order valence-electron chi connectivity index (χ0n) is 7.72. The minimum atomic E-state index is -0.597. The quantitative estimate of drug-likeness (QED) is 0.599. The number of rotatable bonds is 2. The lowest BCUT2D eigenvalue weighted by Gasteiger charge is -2.09. The third kappa shape index (κ3) is 2.66. The Morgan fingerprint density at radius 1 is 1.38 bits per heavy atom. The molecule has 0 spiro atoms. The third-order valence-electron chi connectivity index (χ3n) is 1.70. The molecule has 4 heteroatoms. The van der Waals surface area contributed by atoms with E-state index in [4.69, 9.17) is 5.73 Å². The number of hydrogen-bond acceptors (Lipinski definition) is 2. The van der Waals surface area contributed by atoms with E-state index in [9.17, 15) is 4.79 Å². The molecule has 13 heavy (non-hydrogen) atoms. The molecule has 0 radical (unpaired) electrons. The van der Waals surface area contributed by atoms with Crippen LogP contribution >= 0.6 is 0 Å². The Hall–Kier alpha value is -1.71. The van der Waals surface area contributed by atoms with Gasteiger partial charge in [0.1, 0.15) is 0 Å². The summed E-state index contributed by atoms with van der Waals surface area (Å²) in [7, 11) is 0. The van der Waals surface area contributed by atoms with E-state index in [-0.39, 0.29) is 0 Å². The molecule has 0 unspecified atom stereocenters. The van der Waals surface area contributed by atoms with E-state index >= 15 is 0 Å². The van der Waals surface area contributed by atoms with Gasteiger partial charge in [-0.25, -0.2) is 4.79 Å². The summed E-state index contributed by atoms with van der Waals surface area (Å²) < 4.78 is 0. The van der Waals surface area contributed by atoms with Crippen molar-refractivity contribution in [3.8, 4) is 0 Å². The minimum absolute atomic E-state index is 0.597. The summed E-state index contributed by atoms with van der Waals surface area (Å²) in [6.07, 6.45) is 0. The second kappa shape index (κ2) is 3.80. The molecule has 0 saturated heterocycles. The van der Waals surface area contributed by atoms with Crippen LogP contribution in [-0.4, -0.2) is 6.03 Å². The van der Waals surface area contributed by atoms with Crippen LogP contribution in [0.4, 0.5) is 10.5 Å². The van der Waals surface area contributed by atoms with Gasteiger partial charge in [0.2, 0.25) is 0 Å². The molecule has 1 aromatic rings. The van der Waals surface area contributed by atoms with Gasteiger partial charge in [-0.3, -0.25) is 10.9 Å². The Balaban J connectivity index is 2.72. The average molecular weight is 179 g/mol. The van der Waals surface area contributed by atoms with Crippen molar-refractivity contribution in [2.45, 2.75) is 13.8 Å². The Bertz CT molecular complexity index is 323. The summed E-state index contributed by atoms with van der Waals surface area (Å²) in [6, 6.07) is 5.27. The Morgan fingerprint density at radius 3 is 2.62 bits per heavy atom. The molecule has 0 heterocycles. The molecule has 1 aromatic carbocycles. The van der Waals surface area contributed by atoms with Crippen LogP contribution in [0.25, 0.3) is 0 Å². The summed E-state index contributed by atoms with van der Waals surface area (Å²) >= 11 is 0. The Morgan fingerprint density at radius 2 is 2.08 bits per heavy atom. The molecule has 1 rings (SSSR count). The summed E-state index contributed by atoms with van der Waals surface area (Å²) in [6.45, 7) is 3.97. The highest BCUT2D eigenvalue weighted by Crippen LogP contribution is 2.14. The molecule has 0 aromatic heterocycles. The summed E-state index contributed by atoms with van der Waals surface area (Å²) in [4.78, 5) is 10.4. The molecule has 0 saturated carbocycles. The number of aryl methyl sites for hydroxylation is 2. The maximum Gasteiger partial charge on any atom is 0.330 e. The van der Waals surface area contributed by atoms with E-state index < -0.39 is 6.03 Å². The molecule has 0 fully saturated rings. The van der Waals surface area contributed by atoms with Gasteiger partial charge in [0.25, 0.3) is 0 Å². The second-order valence-electron chi connectivity index (χ2n) is 2.93. The highest BCUT2D eigenvalue weighted by molar-refractivity contribution is 5.73. The normalized spacial score (nSPS) is 9.38. The largest absolute Gasteiger partial charge is 0.350 e. The standard InChI is InChI=1S/C9H13N3O/c1-6-3-4-8(7(2)5-6)11-12-9(10)13/h3-5,11H,1-2H3,(H3,10,12,13). The van der Waals surface area contributed by atoms with E-state index in [0.717, 1.165) is 11.3 Å². The predicted octanol–water partition coefficient (Wildman–Crippen LogP) is 1.30. The molecular weight excluding hydrogens is 166 g/mol. The van der Waals surface area contributed by atoms with Gasteiger partial charge in [-0.2, -0.15) is 0 Å². The maximum absolute atomic E-state index is 10.4. The van der Waals surface area contributed by atoms with Crippen LogP contribution in [0.2, 0.25) is 0 Å². The number of primary amides is 1. The average Bonchev–Trinajstić information content (AvgIpc) is 2.02. The second-order valence-corrected chi connectivity index (χ2v) is 2.93. The predicted molar refractivity (Wildman–Crippen MR) is 52.3 cm³/mol. The fourth-order valence-corrected chi connectivity index (χ4v) is 1.08. The number of benzene rings is 1. The minimum Gasteiger partial charge on any atom is -0.350 e. The number of hydrazine groups is 1. The highest BCUT2D eigenvalue weighted by atomic mass is 16.2. The molecule has 70 valence electrons. The molecular formula is C9H13N3O. The topological polar surface area (TPSA) is 67.2 Å². The van der Waals surface area contributed by atoms with Gasteiger partial charge in [0.05, 0.1) is 5.69 Å². The van der Waals surface area contributed by atoms with Gasteiger partial charge < -0.3 is 5.73 Å². The van der Waals surface area contributed by atoms with Crippen LogP contribution in [0.3, 0.4) is 0 Å². The summed E-state index contributed by atoms with van der Waals surface area (Å²) in [5.41, 5.74) is 13.0. The molecule has 0 bridgehead atoms. The van der Waals surface area contributed by atoms with Crippen molar-refractivity contribution in [1.82, 2.24) is 5.43 Å². The van der Waals surface area contributed by atoms with Crippen LogP contribution in [0.1, 0.15) is 11.1 Å². The van der Waals surface area contributed by atoms with Crippen LogP contribution in [0.5, 0.6) is 0 Å². The van der Waals surface area contributed by atoms with Crippen LogP contribution < -0.4 is 16.6 Å². The van der Waals surface area contributed by atoms with Crippen LogP contribution in [0.15, 0.2) is 18.2 Å². The highest BCUT2D eigenvalue weighted by Gasteiger charge is 1.97. The number of anilines is 1. The number of carbonyl (C=O) groups excluding carboxylic acids is 1. The fraction of sp³-hybridized carbons (Fsp3) is 0.222. The lowest BCUT2D eigenvalue weighted by molar-refractivity contribution is 0.250. The van der Waals surface area contributed by atoms with E-state index in [1.54, 1.807) is 0 Å². The maximum atomic E-state index is 10.4. The number of urea groups is 1. The van der Waals surface area contributed by atoms with Crippen molar-refractivity contribution in [3.05, 3.63) is 29.3 Å². The number of carbonyl (C=O) groups is 1. The molecule has 0 atom stereocenters. The van der Waals surface area contributed by atoms with Crippen molar-refractivity contribution >= 4 is 11.7 Å². The SMILES string of the molecule is Cc1ccc(NNC(N)=O)c(C)c1. The van der Waals surface area contributed by atoms with Crippen molar-refractivity contribution in [3.63, 3.8) is 0 Å². The van der Waals surface area contributed by atoms with E-state index in [0.29, 0.717) is 0 Å². The molecule has 4 nitrogen and oxygen atoms in total. The molecule has 0 aliphatic heterocycles. The third-order valence-corrected chi connectivity index (χ3v) is 1.70. The molecule has 0 aliphatic rings. The van der Waals surface area contributed by atoms with Gasteiger partial charge in [-0.15, -0.1) is 0 Å². The molecule has 0 aliphatic carbocycles. The number of nitrogens with one attached hydrogen (secondary N) is 2. The fourth-order valence-electron chi connectivity index (χ4n) is 1.08. The van der Waals surface area contributed by atoms with Gasteiger partial charge in [0.15, 0.2) is 0 Å². The lowest BCUT2D eigenvalue weighted by Crippen LogP contribution is -2.34. The number of nitrogens with two attached hydrogens (primary N) is 1. The first-order valence-corrected chi connectivity index (χ1v) is 3.98. The van der Waals surface area contributed by atoms with Gasteiger partial charge in [0, 0.05) is 0 Å². The molecule has 4 N–H and O–H groups in total. The van der Waals surface area contributed by atoms with Crippen molar-refractivity contribution < 1.29 is 4.79 Å².